The second-order valence-electron chi connectivity index (χ2n) is 7.00. The van der Waals surface area contributed by atoms with E-state index in [1.54, 1.807) is 23.5 Å². The number of hydrogen-bond acceptors (Lipinski definition) is 10. The fourth-order valence-electron chi connectivity index (χ4n) is 3.26. The van der Waals surface area contributed by atoms with Crippen molar-refractivity contribution in [2.45, 2.75) is 25.9 Å². The van der Waals surface area contributed by atoms with Gasteiger partial charge in [0.15, 0.2) is 18.1 Å². The zero-order chi connectivity index (χ0) is 23.2. The molecule has 0 fully saturated rings. The predicted molar refractivity (Wildman–Crippen MR) is 122 cm³/mol. The first-order valence-electron chi connectivity index (χ1n) is 10.2. The van der Waals surface area contributed by atoms with Crippen LogP contribution in [0.15, 0.2) is 40.8 Å². The Morgan fingerprint density at radius 3 is 2.48 bits per heavy atom. The number of aryl methyl sites for hydroxylation is 1. The van der Waals surface area contributed by atoms with Crippen LogP contribution in [-0.4, -0.2) is 42.5 Å². The van der Waals surface area contributed by atoms with Crippen LogP contribution in [-0.2, 0) is 22.6 Å². The average Bonchev–Trinajstić information content (AvgIpc) is 3.48. The molecule has 9 nitrogen and oxygen atoms in total. The number of fused-ring (bicyclic) bond motifs is 1. The van der Waals surface area contributed by atoms with Crippen molar-refractivity contribution in [2.75, 3.05) is 21.3 Å². The molecule has 0 N–H and O–H groups in total. The van der Waals surface area contributed by atoms with Crippen LogP contribution < -0.4 is 14.2 Å². The second kappa shape index (κ2) is 10.3. The number of rotatable bonds is 10. The summed E-state index contributed by atoms with van der Waals surface area (Å²) in [5, 5.41) is 8.99. The fourth-order valence-corrected chi connectivity index (χ4v) is 4.27. The lowest BCUT2D eigenvalue weighted by molar-refractivity contribution is -0.145. The van der Waals surface area contributed by atoms with E-state index in [2.05, 4.69) is 15.2 Å². The van der Waals surface area contributed by atoms with Crippen LogP contribution in [0.2, 0.25) is 0 Å². The average molecular weight is 470 g/mol. The van der Waals surface area contributed by atoms with Crippen molar-refractivity contribution >= 4 is 27.5 Å². The van der Waals surface area contributed by atoms with E-state index in [0.29, 0.717) is 29.2 Å². The Bertz CT molecular complexity index is 1190. The van der Waals surface area contributed by atoms with Gasteiger partial charge >= 0.3 is 5.97 Å². The molecule has 0 radical (unpaired) electrons. The van der Waals surface area contributed by atoms with Gasteiger partial charge in [-0.2, -0.15) is 0 Å². The summed E-state index contributed by atoms with van der Waals surface area (Å²) in [5.74, 6) is 1.50. The van der Waals surface area contributed by atoms with E-state index < -0.39 is 0 Å². The number of carbonyl (C=O) groups excluding carboxylic acids is 1. The van der Waals surface area contributed by atoms with Crippen molar-refractivity contribution in [3.63, 3.8) is 0 Å². The third-order valence-corrected chi connectivity index (χ3v) is 5.94. The molecule has 33 heavy (non-hydrogen) atoms. The molecular formula is C23H23N3O6S. The van der Waals surface area contributed by atoms with Gasteiger partial charge in [0.25, 0.3) is 5.89 Å². The van der Waals surface area contributed by atoms with Crippen LogP contribution >= 0.6 is 11.3 Å². The number of thiazole rings is 1. The Kier molecular flexibility index (Phi) is 7.04. The number of carbonyl (C=O) groups is 1. The minimum Gasteiger partial charge on any atom is -0.493 e. The summed E-state index contributed by atoms with van der Waals surface area (Å²) in [4.78, 5) is 16.7. The van der Waals surface area contributed by atoms with E-state index in [1.807, 2.05) is 24.3 Å². The first-order chi connectivity index (χ1) is 16.1. The normalized spacial score (nSPS) is 10.9. The summed E-state index contributed by atoms with van der Waals surface area (Å²) < 4.78 is 28.1. The smallest absolute Gasteiger partial charge is 0.306 e. The molecule has 0 bridgehead atoms. The highest BCUT2D eigenvalue weighted by Gasteiger charge is 2.18. The van der Waals surface area contributed by atoms with Crippen LogP contribution in [0.5, 0.6) is 17.2 Å². The van der Waals surface area contributed by atoms with Gasteiger partial charge in [-0.15, -0.1) is 21.5 Å². The van der Waals surface area contributed by atoms with E-state index in [0.717, 1.165) is 21.6 Å². The van der Waals surface area contributed by atoms with Crippen LogP contribution in [0.1, 0.15) is 23.7 Å². The Hall–Kier alpha value is -3.66. The molecule has 2 aromatic carbocycles. The first-order valence-corrected chi connectivity index (χ1v) is 11.1. The van der Waals surface area contributed by atoms with Gasteiger partial charge < -0.3 is 23.4 Å². The van der Waals surface area contributed by atoms with E-state index in [9.17, 15) is 4.79 Å². The lowest BCUT2D eigenvalue weighted by Crippen LogP contribution is -2.05. The summed E-state index contributed by atoms with van der Waals surface area (Å²) in [6.45, 7) is -0.0998. The SMILES string of the molecule is COc1cc(-c2nnc(COC(=O)CCCc3nc4ccccc4s3)o2)cc(OC)c1OC. The molecular weight excluding hydrogens is 446 g/mol. The molecule has 0 atom stereocenters. The first kappa shape index (κ1) is 22.5. The van der Waals surface area contributed by atoms with Crippen molar-refractivity contribution in [2.24, 2.45) is 0 Å². The van der Waals surface area contributed by atoms with Gasteiger partial charge in [-0.3, -0.25) is 4.79 Å². The topological polar surface area (TPSA) is 106 Å². The summed E-state index contributed by atoms with van der Waals surface area (Å²) >= 11 is 1.65. The quantitative estimate of drug-likeness (QED) is 0.312. The Morgan fingerprint density at radius 1 is 1.03 bits per heavy atom. The van der Waals surface area contributed by atoms with Gasteiger partial charge in [-0.25, -0.2) is 4.98 Å². The predicted octanol–water partition coefficient (Wildman–Crippen LogP) is 4.44. The number of nitrogens with zero attached hydrogens (tertiary/aromatic N) is 3. The van der Waals surface area contributed by atoms with E-state index in [1.165, 1.54) is 21.3 Å². The van der Waals surface area contributed by atoms with Crippen LogP contribution in [0.25, 0.3) is 21.7 Å². The maximum absolute atomic E-state index is 12.1. The number of methoxy groups -OCH3 is 3. The third kappa shape index (κ3) is 5.23. The second-order valence-corrected chi connectivity index (χ2v) is 8.12. The van der Waals surface area contributed by atoms with Gasteiger partial charge in [-0.05, 0) is 37.1 Å². The molecule has 0 spiro atoms. The number of esters is 1. The molecule has 0 aliphatic rings. The number of benzene rings is 2. The minimum atomic E-state index is -0.330. The number of ether oxygens (including phenoxy) is 4. The lowest BCUT2D eigenvalue weighted by atomic mass is 10.2. The van der Waals surface area contributed by atoms with E-state index >= 15 is 0 Å². The van der Waals surface area contributed by atoms with Gasteiger partial charge in [-0.1, -0.05) is 12.1 Å². The maximum Gasteiger partial charge on any atom is 0.306 e. The molecule has 172 valence electrons. The van der Waals surface area contributed by atoms with Crippen LogP contribution in [0.4, 0.5) is 0 Å². The summed E-state index contributed by atoms with van der Waals surface area (Å²) in [5.41, 5.74) is 1.57. The zero-order valence-corrected chi connectivity index (χ0v) is 19.3. The molecule has 10 heteroatoms. The van der Waals surface area contributed by atoms with Crippen molar-refractivity contribution in [3.8, 4) is 28.7 Å². The Labute approximate surface area is 194 Å². The van der Waals surface area contributed by atoms with Gasteiger partial charge in [0, 0.05) is 12.0 Å². The number of hydrogen-bond donors (Lipinski definition) is 0. The largest absolute Gasteiger partial charge is 0.493 e. The number of aromatic nitrogens is 3. The molecule has 0 saturated heterocycles. The Morgan fingerprint density at radius 2 is 1.79 bits per heavy atom. The third-order valence-electron chi connectivity index (χ3n) is 4.84. The van der Waals surface area contributed by atoms with Gasteiger partial charge in [0.2, 0.25) is 11.6 Å². The lowest BCUT2D eigenvalue weighted by Gasteiger charge is -2.12. The summed E-state index contributed by atoms with van der Waals surface area (Å²) in [6, 6.07) is 11.4. The van der Waals surface area contributed by atoms with Crippen molar-refractivity contribution in [3.05, 3.63) is 47.3 Å². The van der Waals surface area contributed by atoms with Gasteiger partial charge in [0.1, 0.15) is 0 Å². The molecule has 2 heterocycles. The fraction of sp³-hybridized carbons (Fsp3) is 0.304. The molecule has 0 aliphatic carbocycles. The van der Waals surface area contributed by atoms with Crippen LogP contribution in [0.3, 0.4) is 0 Å². The van der Waals surface area contributed by atoms with Gasteiger partial charge in [0.05, 0.1) is 36.6 Å². The summed E-state index contributed by atoms with van der Waals surface area (Å²) in [6.07, 6.45) is 1.66. The standard InChI is InChI=1S/C23H23N3O6S/c1-28-16-11-14(12-17(29-2)22(16)30-3)23-26-25-19(32-23)13-31-21(27)10-6-9-20-24-15-7-4-5-8-18(15)33-20/h4-5,7-8,11-12H,6,9-10,13H2,1-3H3. The highest BCUT2D eigenvalue weighted by molar-refractivity contribution is 7.18. The van der Waals surface area contributed by atoms with E-state index in [-0.39, 0.29) is 30.8 Å². The van der Waals surface area contributed by atoms with E-state index in [4.69, 9.17) is 23.4 Å². The molecule has 4 aromatic rings. The van der Waals surface area contributed by atoms with Crippen molar-refractivity contribution < 1.29 is 28.2 Å². The molecule has 0 aliphatic heterocycles. The molecule has 0 saturated carbocycles. The summed E-state index contributed by atoms with van der Waals surface area (Å²) in [7, 11) is 4.57. The minimum absolute atomic E-state index is 0.0998. The molecule has 4 rings (SSSR count). The van der Waals surface area contributed by atoms with Crippen molar-refractivity contribution in [1.29, 1.82) is 0 Å². The highest BCUT2D eigenvalue weighted by atomic mass is 32.1. The van der Waals surface area contributed by atoms with Crippen molar-refractivity contribution in [1.82, 2.24) is 15.2 Å². The molecule has 0 amide bonds. The number of para-hydroxylation sites is 1. The monoisotopic (exact) mass is 469 g/mol. The molecule has 0 unspecified atom stereocenters. The molecule has 2 aromatic heterocycles. The zero-order valence-electron chi connectivity index (χ0n) is 18.5. The maximum atomic E-state index is 12.1. The Balaban J connectivity index is 1.31. The highest BCUT2D eigenvalue weighted by Crippen LogP contribution is 2.40. The van der Waals surface area contributed by atoms with Crippen LogP contribution in [0, 0.1) is 0 Å².